The van der Waals surface area contributed by atoms with E-state index in [1.807, 2.05) is 0 Å². The van der Waals surface area contributed by atoms with Crippen LogP contribution in [0, 0.1) is 25.6 Å². The summed E-state index contributed by atoms with van der Waals surface area (Å²) in [5.41, 5.74) is 2.52. The number of ether oxygens (including phenoxy) is 1. The lowest BCUT2D eigenvalue weighted by molar-refractivity contribution is -0.122. The maximum atomic E-state index is 13.7. The number of nitrogens with one attached hydrogen (secondary N) is 2. The molecule has 3 rings (SSSR count). The van der Waals surface area contributed by atoms with E-state index in [1.54, 1.807) is 43.9 Å². The zero-order chi connectivity index (χ0) is 23.3. The number of carbonyl (C=O) groups excluding carboxylic acids is 3. The number of aryl methyl sites for hydroxylation is 1. The van der Waals surface area contributed by atoms with Crippen LogP contribution in [0.3, 0.4) is 0 Å². The van der Waals surface area contributed by atoms with Crippen molar-refractivity contribution in [2.45, 2.75) is 46.6 Å². The van der Waals surface area contributed by atoms with Gasteiger partial charge < -0.3 is 19.9 Å². The summed E-state index contributed by atoms with van der Waals surface area (Å²) in [4.78, 5) is 42.2. The first-order valence-electron chi connectivity index (χ1n) is 11.0. The number of likely N-dealkylation sites (tertiary alicyclic amines) is 1. The van der Waals surface area contributed by atoms with Crippen molar-refractivity contribution in [1.82, 2.24) is 15.2 Å². The van der Waals surface area contributed by atoms with E-state index >= 15 is 0 Å². The molecule has 2 aromatic rings. The first-order valence-corrected chi connectivity index (χ1v) is 11.0. The smallest absolute Gasteiger partial charge is 0.355 e. The number of aromatic nitrogens is 1. The summed E-state index contributed by atoms with van der Waals surface area (Å²) in [5, 5.41) is 2.78. The van der Waals surface area contributed by atoms with Gasteiger partial charge in [-0.1, -0.05) is 18.2 Å². The highest BCUT2D eigenvalue weighted by Crippen LogP contribution is 2.25. The number of nitrogens with zero attached hydrogens (tertiary/aromatic N) is 1. The van der Waals surface area contributed by atoms with E-state index in [2.05, 4.69) is 10.3 Å². The Labute approximate surface area is 187 Å². The number of esters is 1. The Kier molecular flexibility index (Phi) is 7.66. The summed E-state index contributed by atoms with van der Waals surface area (Å²) >= 11 is 0. The van der Waals surface area contributed by atoms with E-state index in [0.29, 0.717) is 60.4 Å². The predicted molar refractivity (Wildman–Crippen MR) is 118 cm³/mol. The van der Waals surface area contributed by atoms with E-state index < -0.39 is 5.97 Å². The number of carbonyl (C=O) groups is 3. The Bertz CT molecular complexity index is 993. The monoisotopic (exact) mass is 443 g/mol. The van der Waals surface area contributed by atoms with Gasteiger partial charge in [0.2, 0.25) is 5.91 Å². The summed E-state index contributed by atoms with van der Waals surface area (Å²) < 4.78 is 18.7. The number of aromatic amines is 1. The molecule has 2 amide bonds. The second-order valence-corrected chi connectivity index (χ2v) is 8.15. The maximum absolute atomic E-state index is 13.7. The van der Waals surface area contributed by atoms with Crippen LogP contribution in [0.4, 0.5) is 4.39 Å². The number of halogens is 1. The van der Waals surface area contributed by atoms with Gasteiger partial charge in [-0.2, -0.15) is 0 Å². The van der Waals surface area contributed by atoms with Crippen LogP contribution in [-0.4, -0.2) is 47.4 Å². The Morgan fingerprint density at radius 2 is 1.88 bits per heavy atom. The normalized spacial score (nSPS) is 14.3. The third-order valence-corrected chi connectivity index (χ3v) is 5.94. The molecule has 0 saturated carbocycles. The van der Waals surface area contributed by atoms with Crippen molar-refractivity contribution in [3.05, 3.63) is 58.2 Å². The zero-order valence-electron chi connectivity index (χ0n) is 18.8. The van der Waals surface area contributed by atoms with E-state index in [4.69, 9.17) is 4.74 Å². The molecule has 0 bridgehead atoms. The third-order valence-electron chi connectivity index (χ3n) is 5.94. The van der Waals surface area contributed by atoms with Crippen LogP contribution in [0.2, 0.25) is 0 Å². The van der Waals surface area contributed by atoms with Gasteiger partial charge in [0.25, 0.3) is 5.91 Å². The molecule has 1 saturated heterocycles. The summed E-state index contributed by atoms with van der Waals surface area (Å²) in [6.45, 7) is 6.77. The molecule has 2 heterocycles. The zero-order valence-corrected chi connectivity index (χ0v) is 18.8. The van der Waals surface area contributed by atoms with Crippen molar-refractivity contribution >= 4 is 17.8 Å². The van der Waals surface area contributed by atoms with Crippen LogP contribution in [0.5, 0.6) is 0 Å². The molecule has 2 N–H and O–H groups in total. The van der Waals surface area contributed by atoms with Gasteiger partial charge in [-0.15, -0.1) is 0 Å². The molecule has 1 aliphatic heterocycles. The van der Waals surface area contributed by atoms with Crippen molar-refractivity contribution in [1.29, 1.82) is 0 Å². The van der Waals surface area contributed by atoms with E-state index in [0.717, 1.165) is 0 Å². The van der Waals surface area contributed by atoms with Crippen molar-refractivity contribution in [3.8, 4) is 0 Å². The van der Waals surface area contributed by atoms with Crippen molar-refractivity contribution in [2.75, 3.05) is 19.7 Å². The fourth-order valence-electron chi connectivity index (χ4n) is 4.15. The minimum Gasteiger partial charge on any atom is -0.461 e. The highest BCUT2D eigenvalue weighted by Gasteiger charge is 2.29. The first-order chi connectivity index (χ1) is 15.3. The maximum Gasteiger partial charge on any atom is 0.355 e. The van der Waals surface area contributed by atoms with Crippen LogP contribution in [-0.2, 0) is 16.1 Å². The number of H-pyrrole nitrogens is 1. The Balaban J connectivity index is 1.52. The SMILES string of the molecule is CCOC(=O)c1[nH]c(C)c(C(=O)N2CCC(CC(=O)NCc3ccccc3F)CC2)c1C. The van der Waals surface area contributed by atoms with Gasteiger partial charge in [-0.25, -0.2) is 9.18 Å². The lowest BCUT2D eigenvalue weighted by atomic mass is 9.92. The fourth-order valence-corrected chi connectivity index (χ4v) is 4.15. The molecule has 172 valence electrons. The molecule has 0 aliphatic carbocycles. The molecule has 8 heteroatoms. The second-order valence-electron chi connectivity index (χ2n) is 8.15. The van der Waals surface area contributed by atoms with Gasteiger partial charge in [0.1, 0.15) is 11.5 Å². The lowest BCUT2D eigenvalue weighted by Gasteiger charge is -2.32. The third kappa shape index (κ3) is 5.36. The standard InChI is InChI=1S/C24H30FN3O4/c1-4-32-24(31)22-15(2)21(16(3)27-22)23(30)28-11-9-17(10-12-28)13-20(29)26-14-18-7-5-6-8-19(18)25/h5-8,17,27H,4,9-14H2,1-3H3,(H,26,29). The van der Waals surface area contributed by atoms with Gasteiger partial charge in [0, 0.05) is 37.3 Å². The molecular formula is C24H30FN3O4. The molecule has 7 nitrogen and oxygen atoms in total. The predicted octanol–water partition coefficient (Wildman–Crippen LogP) is 3.51. The number of hydrogen-bond donors (Lipinski definition) is 2. The number of amides is 2. The molecule has 0 radical (unpaired) electrons. The Hall–Kier alpha value is -3.16. The fraction of sp³-hybridized carbons (Fsp3) is 0.458. The molecule has 1 fully saturated rings. The Morgan fingerprint density at radius 3 is 2.53 bits per heavy atom. The van der Waals surface area contributed by atoms with Crippen LogP contribution < -0.4 is 5.32 Å². The molecule has 0 unspecified atom stereocenters. The van der Waals surface area contributed by atoms with E-state index in [1.165, 1.54) is 6.07 Å². The van der Waals surface area contributed by atoms with Crippen molar-refractivity contribution in [3.63, 3.8) is 0 Å². The molecular weight excluding hydrogens is 413 g/mol. The van der Waals surface area contributed by atoms with Gasteiger partial charge in [0.05, 0.1) is 12.2 Å². The number of piperidine rings is 1. The van der Waals surface area contributed by atoms with Crippen LogP contribution in [0.1, 0.15) is 63.9 Å². The summed E-state index contributed by atoms with van der Waals surface area (Å²) in [6, 6.07) is 6.38. The topological polar surface area (TPSA) is 91.5 Å². The van der Waals surface area contributed by atoms with Crippen molar-refractivity contribution < 1.29 is 23.5 Å². The molecule has 32 heavy (non-hydrogen) atoms. The van der Waals surface area contributed by atoms with Gasteiger partial charge in [-0.3, -0.25) is 9.59 Å². The molecule has 0 spiro atoms. The number of hydrogen-bond acceptors (Lipinski definition) is 4. The van der Waals surface area contributed by atoms with Crippen LogP contribution in [0.15, 0.2) is 24.3 Å². The minimum absolute atomic E-state index is 0.116. The van der Waals surface area contributed by atoms with Gasteiger partial charge in [-0.05, 0) is 51.2 Å². The van der Waals surface area contributed by atoms with Gasteiger partial charge >= 0.3 is 5.97 Å². The van der Waals surface area contributed by atoms with E-state index in [9.17, 15) is 18.8 Å². The largest absolute Gasteiger partial charge is 0.461 e. The molecule has 0 atom stereocenters. The van der Waals surface area contributed by atoms with E-state index in [-0.39, 0.29) is 36.7 Å². The quantitative estimate of drug-likeness (QED) is 0.641. The summed E-state index contributed by atoms with van der Waals surface area (Å²) in [7, 11) is 0. The average molecular weight is 444 g/mol. The number of benzene rings is 1. The Morgan fingerprint density at radius 1 is 1.19 bits per heavy atom. The number of rotatable bonds is 7. The first kappa shape index (κ1) is 23.5. The van der Waals surface area contributed by atoms with Crippen LogP contribution >= 0.6 is 0 Å². The van der Waals surface area contributed by atoms with Crippen LogP contribution in [0.25, 0.3) is 0 Å². The van der Waals surface area contributed by atoms with Gasteiger partial charge in [0.15, 0.2) is 0 Å². The summed E-state index contributed by atoms with van der Waals surface area (Å²) in [5.74, 6) is -0.861. The molecule has 1 aromatic carbocycles. The molecule has 1 aromatic heterocycles. The molecule has 1 aliphatic rings. The van der Waals surface area contributed by atoms with Crippen molar-refractivity contribution in [2.24, 2.45) is 5.92 Å². The average Bonchev–Trinajstić information content (AvgIpc) is 3.07. The lowest BCUT2D eigenvalue weighted by Crippen LogP contribution is -2.40. The summed E-state index contributed by atoms with van der Waals surface area (Å²) in [6.07, 6.45) is 1.78. The minimum atomic E-state index is -0.466. The highest BCUT2D eigenvalue weighted by molar-refractivity contribution is 6.01. The second kappa shape index (κ2) is 10.4. The highest BCUT2D eigenvalue weighted by atomic mass is 19.1.